The Morgan fingerprint density at radius 1 is 1.35 bits per heavy atom. The summed E-state index contributed by atoms with van der Waals surface area (Å²) in [6, 6.07) is 5.06. The lowest BCUT2D eigenvalue weighted by molar-refractivity contribution is -0.171. The molecular weight excluding hydrogens is 293 g/mol. The van der Waals surface area contributed by atoms with Crippen molar-refractivity contribution in [3.63, 3.8) is 0 Å². The van der Waals surface area contributed by atoms with Crippen molar-refractivity contribution in [2.24, 2.45) is 0 Å². The third kappa shape index (κ3) is 2.33. The zero-order valence-corrected chi connectivity index (χ0v) is 10.9. The highest BCUT2D eigenvalue weighted by Crippen LogP contribution is 2.37. The minimum atomic E-state index is -4.34. The van der Waals surface area contributed by atoms with Gasteiger partial charge >= 0.3 is 6.18 Å². The number of hydrogen-bond acceptors (Lipinski definition) is 3. The van der Waals surface area contributed by atoms with Crippen LogP contribution in [0.4, 0.5) is 19.1 Å². The van der Waals surface area contributed by atoms with Crippen molar-refractivity contribution in [1.29, 1.82) is 0 Å². The van der Waals surface area contributed by atoms with Gasteiger partial charge in [0.15, 0.2) is 11.9 Å². The van der Waals surface area contributed by atoms with E-state index in [0.29, 0.717) is 10.6 Å². The van der Waals surface area contributed by atoms with E-state index < -0.39 is 12.2 Å². The highest BCUT2D eigenvalue weighted by Gasteiger charge is 2.44. The van der Waals surface area contributed by atoms with Crippen LogP contribution >= 0.6 is 11.6 Å². The van der Waals surface area contributed by atoms with Crippen LogP contribution in [0.3, 0.4) is 0 Å². The summed E-state index contributed by atoms with van der Waals surface area (Å²) in [6.45, 7) is 0.220. The molecule has 4 nitrogen and oxygen atoms in total. The molecule has 2 heterocycles. The first-order valence-corrected chi connectivity index (χ1v) is 6.36. The smallest absolute Gasteiger partial charge is 0.354 e. The molecule has 20 heavy (non-hydrogen) atoms. The minimum absolute atomic E-state index is 0.0607. The van der Waals surface area contributed by atoms with E-state index in [1.807, 2.05) is 0 Å². The summed E-state index contributed by atoms with van der Waals surface area (Å²) in [7, 11) is 0. The fraction of sp³-hybridized carbons (Fsp3) is 0.333. The minimum Gasteiger partial charge on any atom is -0.354 e. The lowest BCUT2D eigenvalue weighted by atomic mass is 10.2. The molecule has 0 fully saturated rings. The number of nitrogens with zero attached hydrogens (tertiary/aromatic N) is 3. The van der Waals surface area contributed by atoms with Crippen molar-refractivity contribution in [3.05, 3.63) is 29.3 Å². The van der Waals surface area contributed by atoms with Crippen molar-refractivity contribution in [3.8, 4) is 11.4 Å². The van der Waals surface area contributed by atoms with Gasteiger partial charge in [0, 0.05) is 17.1 Å². The maximum atomic E-state index is 13.0. The molecule has 0 amide bonds. The van der Waals surface area contributed by atoms with Gasteiger partial charge < -0.3 is 5.32 Å². The van der Waals surface area contributed by atoms with Crippen LogP contribution in [0.5, 0.6) is 0 Å². The number of alkyl halides is 3. The number of rotatable bonds is 1. The summed E-state index contributed by atoms with van der Waals surface area (Å²) >= 11 is 5.86. The normalized spacial score (nSPS) is 18.5. The Morgan fingerprint density at radius 3 is 2.85 bits per heavy atom. The first kappa shape index (κ1) is 13.2. The quantitative estimate of drug-likeness (QED) is 0.876. The molecule has 8 heteroatoms. The Labute approximate surface area is 117 Å². The topological polar surface area (TPSA) is 42.7 Å². The SMILES string of the molecule is FC(F)(F)C1CCNc2nc(-c3cccc(Cl)c3)nn21. The van der Waals surface area contributed by atoms with Crippen molar-refractivity contribution in [1.82, 2.24) is 14.8 Å². The lowest BCUT2D eigenvalue weighted by Crippen LogP contribution is -2.34. The average Bonchev–Trinajstić information content (AvgIpc) is 2.81. The second-order valence-corrected chi connectivity index (χ2v) is 4.92. The number of hydrogen-bond donors (Lipinski definition) is 1. The number of fused-ring (bicyclic) bond motifs is 1. The molecule has 1 aliphatic rings. The van der Waals surface area contributed by atoms with Gasteiger partial charge in [-0.1, -0.05) is 23.7 Å². The summed E-state index contributed by atoms with van der Waals surface area (Å²) in [4.78, 5) is 4.11. The molecule has 0 saturated heterocycles. The highest BCUT2D eigenvalue weighted by molar-refractivity contribution is 6.30. The third-order valence-corrected chi connectivity index (χ3v) is 3.32. The average molecular weight is 303 g/mol. The summed E-state index contributed by atoms with van der Waals surface area (Å²) < 4.78 is 39.8. The Bertz CT molecular complexity index is 638. The van der Waals surface area contributed by atoms with Crippen LogP contribution in [0.15, 0.2) is 24.3 Å². The predicted octanol–water partition coefficient (Wildman–Crippen LogP) is 3.52. The van der Waals surface area contributed by atoms with E-state index >= 15 is 0 Å². The molecule has 1 N–H and O–H groups in total. The molecule has 0 aliphatic carbocycles. The van der Waals surface area contributed by atoms with E-state index in [0.717, 1.165) is 4.68 Å². The summed E-state index contributed by atoms with van der Waals surface area (Å²) in [5.74, 6) is 0.361. The molecule has 1 aromatic heterocycles. The van der Waals surface area contributed by atoms with Crippen LogP contribution < -0.4 is 5.32 Å². The standard InChI is InChI=1S/C12H10ClF3N4/c13-8-3-1-2-7(6-8)10-18-11-17-5-4-9(12(14,15)16)20(11)19-10/h1-3,6,9H,4-5H2,(H,17,18,19). The van der Waals surface area contributed by atoms with Crippen LogP contribution in [-0.2, 0) is 0 Å². The molecule has 1 unspecified atom stereocenters. The van der Waals surface area contributed by atoms with E-state index in [4.69, 9.17) is 11.6 Å². The molecular formula is C12H10ClF3N4. The number of nitrogens with one attached hydrogen (secondary N) is 1. The van der Waals surface area contributed by atoms with Gasteiger partial charge in [0.05, 0.1) is 0 Å². The fourth-order valence-corrected chi connectivity index (χ4v) is 2.35. The Morgan fingerprint density at radius 2 is 2.15 bits per heavy atom. The predicted molar refractivity (Wildman–Crippen MR) is 68.7 cm³/mol. The van der Waals surface area contributed by atoms with Gasteiger partial charge in [-0.05, 0) is 18.6 Å². The van der Waals surface area contributed by atoms with Crippen LogP contribution in [0.2, 0.25) is 5.02 Å². The van der Waals surface area contributed by atoms with Crippen molar-refractivity contribution >= 4 is 17.5 Å². The van der Waals surface area contributed by atoms with Crippen molar-refractivity contribution < 1.29 is 13.2 Å². The van der Waals surface area contributed by atoms with Gasteiger partial charge in [-0.15, -0.1) is 5.10 Å². The van der Waals surface area contributed by atoms with Crippen molar-refractivity contribution in [2.45, 2.75) is 18.6 Å². The van der Waals surface area contributed by atoms with E-state index in [-0.39, 0.29) is 24.7 Å². The lowest BCUT2D eigenvalue weighted by Gasteiger charge is -2.25. The van der Waals surface area contributed by atoms with Gasteiger partial charge in [-0.25, -0.2) is 4.68 Å². The largest absolute Gasteiger partial charge is 0.411 e. The molecule has 0 saturated carbocycles. The van der Waals surface area contributed by atoms with Crippen molar-refractivity contribution in [2.75, 3.05) is 11.9 Å². The molecule has 1 aliphatic heterocycles. The number of halogens is 4. The zero-order chi connectivity index (χ0) is 14.3. The van der Waals surface area contributed by atoms with Crippen LogP contribution in [-0.4, -0.2) is 27.5 Å². The summed E-state index contributed by atoms with van der Waals surface area (Å²) in [5, 5.41) is 7.28. The molecule has 3 rings (SSSR count). The van der Waals surface area contributed by atoms with Crippen LogP contribution in [0.25, 0.3) is 11.4 Å². The first-order chi connectivity index (χ1) is 9.45. The summed E-state index contributed by atoms with van der Waals surface area (Å²) in [6.07, 6.45) is -4.40. The van der Waals surface area contributed by atoms with Gasteiger partial charge in [0.1, 0.15) is 0 Å². The maximum absolute atomic E-state index is 13.0. The molecule has 106 valence electrons. The van der Waals surface area contributed by atoms with Crippen LogP contribution in [0, 0.1) is 0 Å². The van der Waals surface area contributed by atoms with Gasteiger partial charge in [0.2, 0.25) is 5.95 Å². The number of aromatic nitrogens is 3. The maximum Gasteiger partial charge on any atom is 0.411 e. The number of benzene rings is 1. The highest BCUT2D eigenvalue weighted by atomic mass is 35.5. The third-order valence-electron chi connectivity index (χ3n) is 3.09. The van der Waals surface area contributed by atoms with Gasteiger partial charge in [-0.3, -0.25) is 0 Å². The van der Waals surface area contributed by atoms with E-state index in [1.165, 1.54) is 0 Å². The molecule has 0 spiro atoms. The van der Waals surface area contributed by atoms with Crippen LogP contribution in [0.1, 0.15) is 12.5 Å². The Balaban J connectivity index is 2.04. The Kier molecular flexibility index (Phi) is 3.08. The summed E-state index contributed by atoms with van der Waals surface area (Å²) in [5.41, 5.74) is 0.585. The van der Waals surface area contributed by atoms with E-state index in [9.17, 15) is 13.2 Å². The zero-order valence-electron chi connectivity index (χ0n) is 10.2. The molecule has 0 radical (unpaired) electrons. The second-order valence-electron chi connectivity index (χ2n) is 4.49. The van der Waals surface area contributed by atoms with Gasteiger partial charge in [0.25, 0.3) is 0 Å². The molecule has 1 aromatic carbocycles. The number of anilines is 1. The first-order valence-electron chi connectivity index (χ1n) is 5.98. The Hall–Kier alpha value is -1.76. The fourth-order valence-electron chi connectivity index (χ4n) is 2.16. The monoisotopic (exact) mass is 302 g/mol. The van der Waals surface area contributed by atoms with Gasteiger partial charge in [-0.2, -0.15) is 18.2 Å². The second kappa shape index (κ2) is 4.66. The molecule has 1 atom stereocenters. The van der Waals surface area contributed by atoms with E-state index in [2.05, 4.69) is 15.4 Å². The van der Waals surface area contributed by atoms with E-state index in [1.54, 1.807) is 24.3 Å². The molecule has 2 aromatic rings. The molecule has 0 bridgehead atoms.